The van der Waals surface area contributed by atoms with Crippen LogP contribution in [0.1, 0.15) is 56.1 Å². The maximum Gasteiger partial charge on any atom is 0.0800 e. The number of aryl methyl sites for hydroxylation is 1. The third kappa shape index (κ3) is 2.76. The fourth-order valence-electron chi connectivity index (χ4n) is 3.83. The number of ether oxygens (including phenoxy) is 1. The molecule has 21 heavy (non-hydrogen) atoms. The first-order valence-electron chi connectivity index (χ1n) is 8.24. The predicted octanol–water partition coefficient (Wildman–Crippen LogP) is 2.69. The van der Waals surface area contributed by atoms with Crippen LogP contribution in [-0.4, -0.2) is 33.5 Å². The lowest BCUT2D eigenvalue weighted by Gasteiger charge is -2.38. The summed E-state index contributed by atoms with van der Waals surface area (Å²) < 4.78 is 8.45. The largest absolute Gasteiger partial charge is 0.374 e. The molecule has 5 heteroatoms. The minimum absolute atomic E-state index is 0.111. The van der Waals surface area contributed by atoms with E-state index in [2.05, 4.69) is 18.5 Å². The van der Waals surface area contributed by atoms with E-state index >= 15 is 0 Å². The standard InChI is InChI=1S/C16H27N3OS/c1-3-14-13(10-17)15(4-2)19(18-14)12-5-7-20-16(9-12)6-8-21-11-16/h12H,3-11,17H2,1-2H3. The van der Waals surface area contributed by atoms with Gasteiger partial charge in [0.25, 0.3) is 0 Å². The van der Waals surface area contributed by atoms with Crippen molar-refractivity contribution in [2.45, 2.75) is 64.1 Å². The molecule has 1 spiro atoms. The van der Waals surface area contributed by atoms with E-state index in [9.17, 15) is 0 Å². The second-order valence-electron chi connectivity index (χ2n) is 6.21. The van der Waals surface area contributed by atoms with Crippen molar-refractivity contribution >= 4 is 11.8 Å². The Morgan fingerprint density at radius 1 is 1.43 bits per heavy atom. The smallest absolute Gasteiger partial charge is 0.0800 e. The number of nitrogens with zero attached hydrogens (tertiary/aromatic N) is 2. The fourth-order valence-corrected chi connectivity index (χ4v) is 5.20. The molecule has 2 fully saturated rings. The average molecular weight is 309 g/mol. The molecule has 3 rings (SSSR count). The van der Waals surface area contributed by atoms with Gasteiger partial charge in [-0.1, -0.05) is 13.8 Å². The summed E-state index contributed by atoms with van der Waals surface area (Å²) in [6.45, 7) is 5.86. The molecule has 0 aromatic carbocycles. The Balaban J connectivity index is 1.90. The molecule has 2 aliphatic rings. The summed E-state index contributed by atoms with van der Waals surface area (Å²) in [4.78, 5) is 0. The van der Waals surface area contributed by atoms with E-state index in [-0.39, 0.29) is 5.60 Å². The summed E-state index contributed by atoms with van der Waals surface area (Å²) in [6, 6.07) is 0.484. The summed E-state index contributed by atoms with van der Waals surface area (Å²) in [5.74, 6) is 2.39. The molecule has 1 aromatic rings. The average Bonchev–Trinajstić information content (AvgIpc) is 3.10. The van der Waals surface area contributed by atoms with E-state index in [4.69, 9.17) is 15.6 Å². The predicted molar refractivity (Wildman–Crippen MR) is 87.8 cm³/mol. The molecule has 0 aliphatic carbocycles. The van der Waals surface area contributed by atoms with Gasteiger partial charge in [0, 0.05) is 30.2 Å². The highest BCUT2D eigenvalue weighted by molar-refractivity contribution is 7.99. The third-order valence-electron chi connectivity index (χ3n) is 4.96. The Labute approximate surface area is 131 Å². The second-order valence-corrected chi connectivity index (χ2v) is 7.31. The monoisotopic (exact) mass is 309 g/mol. The van der Waals surface area contributed by atoms with E-state index in [1.165, 1.54) is 29.1 Å². The number of hydrogen-bond acceptors (Lipinski definition) is 4. The van der Waals surface area contributed by atoms with Crippen LogP contribution in [0.3, 0.4) is 0 Å². The van der Waals surface area contributed by atoms with Gasteiger partial charge >= 0.3 is 0 Å². The van der Waals surface area contributed by atoms with Crippen molar-refractivity contribution in [2.24, 2.45) is 5.73 Å². The Bertz CT molecular complexity index is 494. The molecule has 0 radical (unpaired) electrons. The van der Waals surface area contributed by atoms with Gasteiger partial charge in [-0.3, -0.25) is 4.68 Å². The molecule has 0 saturated carbocycles. The molecule has 0 amide bonds. The van der Waals surface area contributed by atoms with Crippen molar-refractivity contribution in [3.05, 3.63) is 17.0 Å². The number of thioether (sulfide) groups is 1. The maximum absolute atomic E-state index is 6.15. The quantitative estimate of drug-likeness (QED) is 0.929. The molecular formula is C16H27N3OS. The molecular weight excluding hydrogens is 282 g/mol. The van der Waals surface area contributed by atoms with Gasteiger partial charge in [-0.05, 0) is 37.9 Å². The van der Waals surface area contributed by atoms with Crippen molar-refractivity contribution in [3.63, 3.8) is 0 Å². The van der Waals surface area contributed by atoms with Crippen molar-refractivity contribution in [2.75, 3.05) is 18.1 Å². The molecule has 2 aliphatic heterocycles. The van der Waals surface area contributed by atoms with E-state index in [1.54, 1.807) is 0 Å². The lowest BCUT2D eigenvalue weighted by atomic mass is 9.89. The van der Waals surface area contributed by atoms with Crippen molar-refractivity contribution in [1.29, 1.82) is 0 Å². The highest BCUT2D eigenvalue weighted by Gasteiger charge is 2.41. The Kier molecular flexibility index (Phi) is 4.62. The van der Waals surface area contributed by atoms with Crippen LogP contribution in [0.4, 0.5) is 0 Å². The van der Waals surface area contributed by atoms with Gasteiger partial charge in [-0.15, -0.1) is 0 Å². The maximum atomic E-state index is 6.15. The zero-order valence-electron chi connectivity index (χ0n) is 13.2. The van der Waals surface area contributed by atoms with E-state index < -0.39 is 0 Å². The van der Waals surface area contributed by atoms with E-state index in [1.807, 2.05) is 11.8 Å². The first-order chi connectivity index (χ1) is 10.2. The zero-order chi connectivity index (χ0) is 14.9. The van der Waals surface area contributed by atoms with Crippen LogP contribution in [0.15, 0.2) is 0 Å². The van der Waals surface area contributed by atoms with Crippen LogP contribution < -0.4 is 5.73 Å². The van der Waals surface area contributed by atoms with Gasteiger partial charge in [-0.25, -0.2) is 0 Å². The van der Waals surface area contributed by atoms with Crippen LogP contribution in [0.25, 0.3) is 0 Å². The summed E-state index contributed by atoms with van der Waals surface area (Å²) in [5, 5.41) is 4.92. The Morgan fingerprint density at radius 3 is 2.90 bits per heavy atom. The summed E-state index contributed by atoms with van der Waals surface area (Å²) in [5.41, 5.74) is 9.91. The second kappa shape index (κ2) is 6.31. The third-order valence-corrected chi connectivity index (χ3v) is 6.18. The van der Waals surface area contributed by atoms with Crippen LogP contribution in [0, 0.1) is 0 Å². The summed E-state index contributed by atoms with van der Waals surface area (Å²) in [7, 11) is 0. The van der Waals surface area contributed by atoms with Crippen LogP contribution in [-0.2, 0) is 24.1 Å². The van der Waals surface area contributed by atoms with Crippen molar-refractivity contribution in [1.82, 2.24) is 9.78 Å². The Hall–Kier alpha value is -0.520. The first-order valence-corrected chi connectivity index (χ1v) is 9.39. The molecule has 1 aromatic heterocycles. The van der Waals surface area contributed by atoms with Crippen molar-refractivity contribution < 1.29 is 4.74 Å². The first kappa shape index (κ1) is 15.4. The normalized spacial score (nSPS) is 29.4. The van der Waals surface area contributed by atoms with E-state index in [0.29, 0.717) is 12.6 Å². The molecule has 2 saturated heterocycles. The number of nitrogens with two attached hydrogens (primary N) is 1. The molecule has 0 bridgehead atoms. The Morgan fingerprint density at radius 2 is 2.29 bits per heavy atom. The van der Waals surface area contributed by atoms with Gasteiger partial charge in [0.15, 0.2) is 0 Å². The molecule has 4 nitrogen and oxygen atoms in total. The lowest BCUT2D eigenvalue weighted by Crippen LogP contribution is -2.41. The minimum atomic E-state index is 0.111. The number of aromatic nitrogens is 2. The molecule has 3 heterocycles. The SMILES string of the molecule is CCc1nn(C2CCOC3(CCSC3)C2)c(CC)c1CN. The van der Waals surface area contributed by atoms with Gasteiger partial charge < -0.3 is 10.5 Å². The van der Waals surface area contributed by atoms with Gasteiger partial charge in [-0.2, -0.15) is 16.9 Å². The zero-order valence-corrected chi connectivity index (χ0v) is 14.0. The van der Waals surface area contributed by atoms with Gasteiger partial charge in [0.2, 0.25) is 0 Å². The lowest BCUT2D eigenvalue weighted by molar-refractivity contribution is -0.0782. The highest BCUT2D eigenvalue weighted by atomic mass is 32.2. The molecule has 118 valence electrons. The van der Waals surface area contributed by atoms with Crippen LogP contribution in [0.2, 0.25) is 0 Å². The summed E-state index contributed by atoms with van der Waals surface area (Å²) >= 11 is 2.03. The number of hydrogen-bond donors (Lipinski definition) is 1. The summed E-state index contributed by atoms with van der Waals surface area (Å²) in [6.07, 6.45) is 5.37. The van der Waals surface area contributed by atoms with Crippen LogP contribution >= 0.6 is 11.8 Å². The minimum Gasteiger partial charge on any atom is -0.374 e. The van der Waals surface area contributed by atoms with E-state index in [0.717, 1.165) is 38.0 Å². The van der Waals surface area contributed by atoms with Crippen LogP contribution in [0.5, 0.6) is 0 Å². The molecule has 2 unspecified atom stereocenters. The molecule has 2 N–H and O–H groups in total. The topological polar surface area (TPSA) is 53.1 Å². The fraction of sp³-hybridized carbons (Fsp3) is 0.812. The van der Waals surface area contributed by atoms with Gasteiger partial charge in [0.1, 0.15) is 0 Å². The van der Waals surface area contributed by atoms with Gasteiger partial charge in [0.05, 0.1) is 17.3 Å². The highest BCUT2D eigenvalue weighted by Crippen LogP contribution is 2.42. The number of rotatable bonds is 4. The molecule has 2 atom stereocenters. The van der Waals surface area contributed by atoms with Crippen molar-refractivity contribution in [3.8, 4) is 0 Å².